The van der Waals surface area contributed by atoms with E-state index in [1.165, 1.54) is 24.4 Å². The molecule has 0 aliphatic rings. The van der Waals surface area contributed by atoms with Crippen molar-refractivity contribution in [3.8, 4) is 0 Å². The highest BCUT2D eigenvalue weighted by atomic mass is 79.9. The average Bonchev–Trinajstić information content (AvgIpc) is 2.68. The van der Waals surface area contributed by atoms with Crippen LogP contribution in [0.25, 0.3) is 0 Å². The predicted octanol–water partition coefficient (Wildman–Crippen LogP) is 3.71. The molecule has 0 saturated carbocycles. The van der Waals surface area contributed by atoms with Gasteiger partial charge in [0.2, 0.25) is 0 Å². The smallest absolute Gasteiger partial charge is 0.271 e. The molecule has 7 heteroatoms. The van der Waals surface area contributed by atoms with Crippen molar-refractivity contribution < 1.29 is 13.6 Å². The van der Waals surface area contributed by atoms with E-state index in [1.54, 1.807) is 6.07 Å². The first kappa shape index (κ1) is 14.0. The van der Waals surface area contributed by atoms with Gasteiger partial charge in [-0.15, -0.1) is 0 Å². The van der Waals surface area contributed by atoms with Crippen LogP contribution in [0.2, 0.25) is 0 Å². The molecule has 0 radical (unpaired) electrons. The summed E-state index contributed by atoms with van der Waals surface area (Å²) in [7, 11) is 0. The summed E-state index contributed by atoms with van der Waals surface area (Å²) in [6, 6.07) is 7.02. The van der Waals surface area contributed by atoms with Crippen molar-refractivity contribution in [3.05, 3.63) is 56.6 Å². The largest absolute Gasteiger partial charge is 0.447 e. The van der Waals surface area contributed by atoms with Crippen molar-refractivity contribution >= 4 is 44.0 Å². The van der Waals surface area contributed by atoms with E-state index in [4.69, 9.17) is 4.42 Å². The Kier molecular flexibility index (Phi) is 4.49. The Morgan fingerprint density at radius 3 is 2.79 bits per heavy atom. The predicted molar refractivity (Wildman–Crippen MR) is 75.6 cm³/mol. The summed E-state index contributed by atoms with van der Waals surface area (Å²) in [5.41, 5.74) is 2.47. The summed E-state index contributed by atoms with van der Waals surface area (Å²) in [5, 5.41) is 3.72. The van der Waals surface area contributed by atoms with Gasteiger partial charge in [-0.3, -0.25) is 4.79 Å². The highest BCUT2D eigenvalue weighted by Gasteiger charge is 2.06. The lowest BCUT2D eigenvalue weighted by atomic mass is 10.2. The number of rotatable bonds is 3. The maximum atomic E-state index is 12.9. The van der Waals surface area contributed by atoms with Crippen LogP contribution in [0.1, 0.15) is 16.1 Å². The Morgan fingerprint density at radius 2 is 2.16 bits per heavy atom. The number of hydrazone groups is 1. The molecule has 1 aromatic carbocycles. The van der Waals surface area contributed by atoms with Crippen LogP contribution in [0.5, 0.6) is 0 Å². The van der Waals surface area contributed by atoms with Crippen LogP contribution in [0.4, 0.5) is 4.39 Å². The lowest BCUT2D eigenvalue weighted by molar-refractivity contribution is 0.0954. The fourth-order valence-electron chi connectivity index (χ4n) is 1.28. The second-order valence-electron chi connectivity index (χ2n) is 3.48. The van der Waals surface area contributed by atoms with Crippen molar-refractivity contribution in [1.29, 1.82) is 0 Å². The van der Waals surface area contributed by atoms with Crippen LogP contribution in [0.15, 0.2) is 49.0 Å². The molecule has 1 amide bonds. The molecule has 2 rings (SSSR count). The molecular weight excluding hydrogens is 383 g/mol. The molecule has 0 aliphatic carbocycles. The second-order valence-corrected chi connectivity index (χ2v) is 5.05. The van der Waals surface area contributed by atoms with E-state index in [0.29, 0.717) is 10.4 Å². The zero-order valence-corrected chi connectivity index (χ0v) is 12.5. The number of amides is 1. The third kappa shape index (κ3) is 3.74. The summed E-state index contributed by atoms with van der Waals surface area (Å²) in [6.07, 6.45) is 1.34. The Hall–Kier alpha value is -1.47. The van der Waals surface area contributed by atoms with Gasteiger partial charge in [0.05, 0.1) is 10.7 Å². The molecule has 0 spiro atoms. The number of furan rings is 1. The third-order valence-corrected chi connectivity index (χ3v) is 3.82. The number of nitrogens with zero attached hydrogens (tertiary/aromatic N) is 1. The summed E-state index contributed by atoms with van der Waals surface area (Å²) < 4.78 is 19.4. The first-order chi connectivity index (χ1) is 9.06. The van der Waals surface area contributed by atoms with E-state index in [-0.39, 0.29) is 5.56 Å². The van der Waals surface area contributed by atoms with Crippen molar-refractivity contribution in [3.63, 3.8) is 0 Å². The summed E-state index contributed by atoms with van der Waals surface area (Å²) in [5.74, 6) is -0.519. The third-order valence-electron chi connectivity index (χ3n) is 2.11. The van der Waals surface area contributed by atoms with E-state index in [1.807, 2.05) is 0 Å². The molecule has 1 N–H and O–H groups in total. The summed E-state index contributed by atoms with van der Waals surface area (Å²) >= 11 is 6.43. The number of benzene rings is 1. The van der Waals surface area contributed by atoms with Crippen LogP contribution < -0.4 is 5.43 Å². The first-order valence-electron chi connectivity index (χ1n) is 5.10. The van der Waals surface area contributed by atoms with Gasteiger partial charge in [0.15, 0.2) is 4.67 Å². The fraction of sp³-hybridized carbons (Fsp3) is 0. The molecule has 0 fully saturated rings. The van der Waals surface area contributed by atoms with E-state index in [0.717, 1.165) is 10.5 Å². The van der Waals surface area contributed by atoms with Crippen molar-refractivity contribution in [2.24, 2.45) is 5.10 Å². The van der Waals surface area contributed by atoms with Gasteiger partial charge in [-0.25, -0.2) is 9.82 Å². The van der Waals surface area contributed by atoms with Gasteiger partial charge in [0, 0.05) is 11.6 Å². The molecule has 98 valence electrons. The normalized spacial score (nSPS) is 10.9. The van der Waals surface area contributed by atoms with Crippen LogP contribution in [-0.4, -0.2) is 12.1 Å². The van der Waals surface area contributed by atoms with Crippen molar-refractivity contribution in [2.45, 2.75) is 0 Å². The Bertz CT molecular complexity index is 621. The highest BCUT2D eigenvalue weighted by Crippen LogP contribution is 2.25. The minimum absolute atomic E-state index is 0.193. The number of hydrogen-bond acceptors (Lipinski definition) is 3. The van der Waals surface area contributed by atoms with E-state index in [9.17, 15) is 9.18 Å². The first-order valence-corrected chi connectivity index (χ1v) is 6.68. The molecule has 1 heterocycles. The minimum Gasteiger partial charge on any atom is -0.447 e. The van der Waals surface area contributed by atoms with Gasteiger partial charge in [-0.05, 0) is 50.1 Å². The van der Waals surface area contributed by atoms with E-state index in [2.05, 4.69) is 42.4 Å². The maximum absolute atomic E-state index is 12.9. The standard InChI is InChI=1S/C12H7Br2FN2O2/c13-10-5-9(19-11(10)14)6-16-17-12(18)7-2-1-3-8(15)4-7/h1-6H,(H,17,18). The van der Waals surface area contributed by atoms with Gasteiger partial charge in [-0.2, -0.15) is 5.10 Å². The number of nitrogens with one attached hydrogen (secondary N) is 1. The molecular formula is C12H7Br2FN2O2. The second kappa shape index (κ2) is 6.12. The SMILES string of the molecule is O=C(NN=Cc1cc(Br)c(Br)o1)c1cccc(F)c1. The fourth-order valence-corrected chi connectivity index (χ4v) is 1.88. The zero-order chi connectivity index (χ0) is 13.8. The summed E-state index contributed by atoms with van der Waals surface area (Å²) in [4.78, 5) is 11.6. The van der Waals surface area contributed by atoms with Crippen molar-refractivity contribution in [1.82, 2.24) is 5.43 Å². The Balaban J connectivity index is 2.00. The highest BCUT2D eigenvalue weighted by molar-refractivity contribution is 9.13. The van der Waals surface area contributed by atoms with Crippen LogP contribution in [-0.2, 0) is 0 Å². The molecule has 1 aromatic heterocycles. The van der Waals surface area contributed by atoms with Gasteiger partial charge in [0.1, 0.15) is 11.6 Å². The van der Waals surface area contributed by atoms with Gasteiger partial charge >= 0.3 is 0 Å². The lowest BCUT2D eigenvalue weighted by Crippen LogP contribution is -2.17. The van der Waals surface area contributed by atoms with Gasteiger partial charge in [0.25, 0.3) is 5.91 Å². The topological polar surface area (TPSA) is 54.6 Å². The Morgan fingerprint density at radius 1 is 1.37 bits per heavy atom. The molecule has 2 aromatic rings. The van der Waals surface area contributed by atoms with E-state index < -0.39 is 11.7 Å². The molecule has 0 atom stereocenters. The molecule has 4 nitrogen and oxygen atoms in total. The zero-order valence-electron chi connectivity index (χ0n) is 9.36. The maximum Gasteiger partial charge on any atom is 0.271 e. The van der Waals surface area contributed by atoms with Crippen LogP contribution in [0, 0.1) is 5.82 Å². The van der Waals surface area contributed by atoms with Gasteiger partial charge in [-0.1, -0.05) is 6.07 Å². The van der Waals surface area contributed by atoms with Crippen molar-refractivity contribution in [2.75, 3.05) is 0 Å². The number of hydrogen-bond donors (Lipinski definition) is 1. The number of carbonyl (C=O) groups is 1. The average molecular weight is 390 g/mol. The molecule has 0 bridgehead atoms. The van der Waals surface area contributed by atoms with Gasteiger partial charge < -0.3 is 4.42 Å². The number of halogens is 3. The molecule has 19 heavy (non-hydrogen) atoms. The minimum atomic E-state index is -0.500. The summed E-state index contributed by atoms with van der Waals surface area (Å²) in [6.45, 7) is 0. The van der Waals surface area contributed by atoms with Crippen LogP contribution in [0.3, 0.4) is 0 Å². The monoisotopic (exact) mass is 388 g/mol. The number of carbonyl (C=O) groups excluding carboxylic acids is 1. The molecule has 0 aliphatic heterocycles. The lowest BCUT2D eigenvalue weighted by Gasteiger charge is -1.98. The van der Waals surface area contributed by atoms with Crippen LogP contribution >= 0.6 is 31.9 Å². The van der Waals surface area contributed by atoms with E-state index >= 15 is 0 Å². The molecule has 0 saturated heterocycles. The quantitative estimate of drug-likeness (QED) is 0.642. The Labute approximate surface area is 124 Å². The molecule has 0 unspecified atom stereocenters.